The van der Waals surface area contributed by atoms with Gasteiger partial charge in [-0.05, 0) is 31.8 Å². The first-order valence-corrected chi connectivity index (χ1v) is 6.43. The summed E-state index contributed by atoms with van der Waals surface area (Å²) in [5.41, 5.74) is 0. The number of nitrogens with zero attached hydrogens (tertiary/aromatic N) is 2. The van der Waals surface area contributed by atoms with Gasteiger partial charge in [0.25, 0.3) is 0 Å². The van der Waals surface area contributed by atoms with E-state index in [0.717, 1.165) is 19.8 Å². The summed E-state index contributed by atoms with van der Waals surface area (Å²) >= 11 is 0. The van der Waals surface area contributed by atoms with Gasteiger partial charge in [-0.25, -0.2) is 0 Å². The fourth-order valence-corrected chi connectivity index (χ4v) is 2.55. The molecule has 0 aliphatic carbocycles. The molecule has 4 heteroatoms. The number of hydrogen-bond acceptors (Lipinski definition) is 3. The molecule has 0 aromatic rings. The molecule has 0 bridgehead atoms. The maximum atomic E-state index is 12.0. The third-order valence-corrected chi connectivity index (χ3v) is 3.63. The first-order valence-electron chi connectivity index (χ1n) is 6.43. The van der Waals surface area contributed by atoms with Gasteiger partial charge in [0, 0.05) is 13.1 Å². The predicted octanol–water partition coefficient (Wildman–Crippen LogP) is 0.496. The molecule has 0 saturated carbocycles. The van der Waals surface area contributed by atoms with E-state index >= 15 is 0 Å². The SMILES string of the molecule is CC(C)C1NCN(CCN2CCCC2)C1=O. The van der Waals surface area contributed by atoms with Crippen molar-refractivity contribution in [3.63, 3.8) is 0 Å². The van der Waals surface area contributed by atoms with Gasteiger partial charge in [-0.2, -0.15) is 0 Å². The maximum absolute atomic E-state index is 12.0. The molecule has 16 heavy (non-hydrogen) atoms. The van der Waals surface area contributed by atoms with Crippen molar-refractivity contribution in [3.05, 3.63) is 0 Å². The third kappa shape index (κ3) is 2.55. The molecule has 2 aliphatic heterocycles. The third-order valence-electron chi connectivity index (χ3n) is 3.63. The van der Waals surface area contributed by atoms with Crippen molar-refractivity contribution in [1.82, 2.24) is 15.1 Å². The second kappa shape index (κ2) is 5.15. The Hall–Kier alpha value is -0.610. The van der Waals surface area contributed by atoms with Crippen LogP contribution in [0.25, 0.3) is 0 Å². The van der Waals surface area contributed by atoms with E-state index in [9.17, 15) is 4.79 Å². The van der Waals surface area contributed by atoms with Crippen LogP contribution in [0.4, 0.5) is 0 Å². The zero-order chi connectivity index (χ0) is 11.5. The Labute approximate surface area is 98.0 Å². The summed E-state index contributed by atoms with van der Waals surface area (Å²) < 4.78 is 0. The lowest BCUT2D eigenvalue weighted by Gasteiger charge is -2.20. The summed E-state index contributed by atoms with van der Waals surface area (Å²) in [6.07, 6.45) is 2.64. The second-order valence-corrected chi connectivity index (χ2v) is 5.23. The minimum atomic E-state index is 0.0404. The molecule has 0 aromatic carbocycles. The second-order valence-electron chi connectivity index (χ2n) is 5.23. The van der Waals surface area contributed by atoms with E-state index < -0.39 is 0 Å². The van der Waals surface area contributed by atoms with Crippen LogP contribution in [-0.2, 0) is 4.79 Å². The Morgan fingerprint density at radius 1 is 1.31 bits per heavy atom. The van der Waals surface area contributed by atoms with E-state index in [1.807, 2.05) is 4.90 Å². The van der Waals surface area contributed by atoms with E-state index in [2.05, 4.69) is 24.1 Å². The molecule has 0 aromatic heterocycles. The van der Waals surface area contributed by atoms with E-state index in [-0.39, 0.29) is 11.9 Å². The Morgan fingerprint density at radius 3 is 2.56 bits per heavy atom. The van der Waals surface area contributed by atoms with Crippen molar-refractivity contribution in [2.75, 3.05) is 32.8 Å². The van der Waals surface area contributed by atoms with Crippen molar-refractivity contribution < 1.29 is 4.79 Å². The van der Waals surface area contributed by atoms with E-state index in [1.165, 1.54) is 25.9 Å². The number of amides is 1. The first-order chi connectivity index (χ1) is 7.68. The van der Waals surface area contributed by atoms with Crippen LogP contribution in [0, 0.1) is 5.92 Å². The summed E-state index contributed by atoms with van der Waals surface area (Å²) in [7, 11) is 0. The number of likely N-dealkylation sites (tertiary alicyclic amines) is 1. The normalized spacial score (nSPS) is 27.3. The van der Waals surface area contributed by atoms with Crippen LogP contribution in [0.5, 0.6) is 0 Å². The van der Waals surface area contributed by atoms with Gasteiger partial charge in [-0.15, -0.1) is 0 Å². The van der Waals surface area contributed by atoms with Crippen molar-refractivity contribution in [1.29, 1.82) is 0 Å². The molecular weight excluding hydrogens is 202 g/mol. The van der Waals surface area contributed by atoms with Gasteiger partial charge in [-0.3, -0.25) is 10.1 Å². The Balaban J connectivity index is 1.76. The zero-order valence-electron chi connectivity index (χ0n) is 10.4. The highest BCUT2D eigenvalue weighted by molar-refractivity contribution is 5.84. The van der Waals surface area contributed by atoms with E-state index in [0.29, 0.717) is 5.92 Å². The average molecular weight is 225 g/mol. The topological polar surface area (TPSA) is 35.6 Å². The summed E-state index contributed by atoms with van der Waals surface area (Å²) in [5.74, 6) is 0.679. The quantitative estimate of drug-likeness (QED) is 0.756. The van der Waals surface area contributed by atoms with E-state index in [4.69, 9.17) is 0 Å². The van der Waals surface area contributed by atoms with Gasteiger partial charge in [0.2, 0.25) is 5.91 Å². The van der Waals surface area contributed by atoms with Gasteiger partial charge < -0.3 is 9.80 Å². The fourth-order valence-electron chi connectivity index (χ4n) is 2.55. The number of rotatable bonds is 4. The Kier molecular flexibility index (Phi) is 3.82. The van der Waals surface area contributed by atoms with Crippen LogP contribution in [0.1, 0.15) is 26.7 Å². The molecule has 4 nitrogen and oxygen atoms in total. The predicted molar refractivity (Wildman–Crippen MR) is 64.0 cm³/mol. The summed E-state index contributed by atoms with van der Waals surface area (Å²) in [6, 6.07) is 0.0404. The monoisotopic (exact) mass is 225 g/mol. The maximum Gasteiger partial charge on any atom is 0.241 e. The number of nitrogens with one attached hydrogen (secondary N) is 1. The van der Waals surface area contributed by atoms with Crippen molar-refractivity contribution in [3.8, 4) is 0 Å². The smallest absolute Gasteiger partial charge is 0.241 e. The molecule has 2 aliphatic rings. The summed E-state index contributed by atoms with van der Waals surface area (Å²) in [5, 5.41) is 3.29. The Bertz CT molecular complexity index is 249. The summed E-state index contributed by atoms with van der Waals surface area (Å²) in [6.45, 7) is 9.27. The molecule has 2 heterocycles. The van der Waals surface area contributed by atoms with Crippen molar-refractivity contribution in [2.24, 2.45) is 5.92 Å². The van der Waals surface area contributed by atoms with Gasteiger partial charge in [0.1, 0.15) is 0 Å². The highest BCUT2D eigenvalue weighted by atomic mass is 16.2. The highest BCUT2D eigenvalue weighted by Crippen LogP contribution is 2.12. The van der Waals surface area contributed by atoms with Gasteiger partial charge in [-0.1, -0.05) is 13.8 Å². The molecule has 92 valence electrons. The standard InChI is InChI=1S/C12H23N3O/c1-10(2)11-12(16)15(9-13-11)8-7-14-5-3-4-6-14/h10-11,13H,3-9H2,1-2H3. The molecule has 2 saturated heterocycles. The van der Waals surface area contributed by atoms with Gasteiger partial charge in [0.05, 0.1) is 12.7 Å². The number of carbonyl (C=O) groups excluding carboxylic acids is 1. The number of carbonyl (C=O) groups is 1. The molecule has 1 unspecified atom stereocenters. The number of hydrogen-bond donors (Lipinski definition) is 1. The fraction of sp³-hybridized carbons (Fsp3) is 0.917. The van der Waals surface area contributed by atoms with Crippen molar-refractivity contribution >= 4 is 5.91 Å². The molecule has 1 N–H and O–H groups in total. The average Bonchev–Trinajstić information content (AvgIpc) is 2.84. The molecule has 1 atom stereocenters. The molecule has 1 amide bonds. The Morgan fingerprint density at radius 2 is 2.00 bits per heavy atom. The lowest BCUT2D eigenvalue weighted by molar-refractivity contribution is -0.129. The molecule has 2 rings (SSSR count). The van der Waals surface area contributed by atoms with Gasteiger partial charge in [0.15, 0.2) is 0 Å². The molecule has 2 fully saturated rings. The lowest BCUT2D eigenvalue weighted by atomic mass is 10.1. The van der Waals surface area contributed by atoms with Gasteiger partial charge >= 0.3 is 0 Å². The van der Waals surface area contributed by atoms with E-state index in [1.54, 1.807) is 0 Å². The molecule has 0 spiro atoms. The van der Waals surface area contributed by atoms with Crippen LogP contribution < -0.4 is 5.32 Å². The molecular formula is C12H23N3O. The summed E-state index contributed by atoms with van der Waals surface area (Å²) in [4.78, 5) is 16.4. The highest BCUT2D eigenvalue weighted by Gasteiger charge is 2.32. The van der Waals surface area contributed by atoms with Crippen LogP contribution in [0.15, 0.2) is 0 Å². The van der Waals surface area contributed by atoms with Crippen molar-refractivity contribution in [2.45, 2.75) is 32.7 Å². The van der Waals surface area contributed by atoms with Crippen LogP contribution in [0.3, 0.4) is 0 Å². The van der Waals surface area contributed by atoms with Crippen LogP contribution >= 0.6 is 0 Å². The molecule has 0 radical (unpaired) electrons. The minimum absolute atomic E-state index is 0.0404. The zero-order valence-corrected chi connectivity index (χ0v) is 10.4. The lowest BCUT2D eigenvalue weighted by Crippen LogP contribution is -2.38. The largest absolute Gasteiger partial charge is 0.327 e. The van der Waals surface area contributed by atoms with Crippen LogP contribution in [0.2, 0.25) is 0 Å². The minimum Gasteiger partial charge on any atom is -0.327 e. The first kappa shape index (κ1) is 11.9. The van der Waals surface area contributed by atoms with Crippen LogP contribution in [-0.4, -0.2) is 54.6 Å².